The topological polar surface area (TPSA) is 67.4 Å². The molecule has 0 aromatic heterocycles. The molecule has 0 unspecified atom stereocenters. The second-order valence-corrected chi connectivity index (χ2v) is 6.85. The number of nitrogens with one attached hydrogen (secondary N) is 2. The molecule has 25 heavy (non-hydrogen) atoms. The van der Waals surface area contributed by atoms with Gasteiger partial charge in [0.05, 0.1) is 11.3 Å². The minimum atomic E-state index is -0.359. The summed E-state index contributed by atoms with van der Waals surface area (Å²) in [6.07, 6.45) is 0. The highest BCUT2D eigenvalue weighted by molar-refractivity contribution is 6.04. The van der Waals surface area contributed by atoms with E-state index in [2.05, 4.69) is 10.6 Å². The Bertz CT molecular complexity index is 764. The largest absolute Gasteiger partial charge is 0.483 e. The second kappa shape index (κ2) is 7.83. The molecule has 0 fully saturated rings. The summed E-state index contributed by atoms with van der Waals surface area (Å²) in [6, 6.07) is 14.4. The molecule has 0 atom stereocenters. The van der Waals surface area contributed by atoms with Crippen molar-refractivity contribution in [2.24, 2.45) is 0 Å². The van der Waals surface area contributed by atoms with E-state index in [9.17, 15) is 9.59 Å². The van der Waals surface area contributed by atoms with Crippen molar-refractivity contribution in [1.82, 2.24) is 5.32 Å². The fourth-order valence-corrected chi connectivity index (χ4v) is 2.25. The molecule has 2 aromatic rings. The highest BCUT2D eigenvalue weighted by Crippen LogP contribution is 2.18. The number of benzene rings is 2. The number of carbonyl (C=O) groups is 2. The minimum absolute atomic E-state index is 0.125. The molecule has 0 bridgehead atoms. The molecule has 2 rings (SSSR count). The Balaban J connectivity index is 2.04. The van der Waals surface area contributed by atoms with Crippen LogP contribution < -0.4 is 15.4 Å². The van der Waals surface area contributed by atoms with Crippen LogP contribution in [0.1, 0.15) is 36.7 Å². The van der Waals surface area contributed by atoms with Crippen molar-refractivity contribution in [1.29, 1.82) is 0 Å². The predicted octanol–water partition coefficient (Wildman–Crippen LogP) is 3.54. The van der Waals surface area contributed by atoms with Gasteiger partial charge in [-0.25, -0.2) is 0 Å². The summed E-state index contributed by atoms with van der Waals surface area (Å²) in [5, 5.41) is 5.64. The van der Waals surface area contributed by atoms with Gasteiger partial charge in [-0.2, -0.15) is 0 Å². The SMILES string of the molecule is Cc1ccccc1OCC(=O)Nc1ccccc1C(=O)NC(C)(C)C. The third-order valence-electron chi connectivity index (χ3n) is 3.39. The lowest BCUT2D eigenvalue weighted by atomic mass is 10.1. The maximum atomic E-state index is 12.4. The van der Waals surface area contributed by atoms with Crippen molar-refractivity contribution < 1.29 is 14.3 Å². The minimum Gasteiger partial charge on any atom is -0.483 e. The molecule has 0 spiro atoms. The molecule has 0 saturated carbocycles. The molecule has 0 saturated heterocycles. The average Bonchev–Trinajstić information content (AvgIpc) is 2.53. The summed E-state index contributed by atoms with van der Waals surface area (Å²) in [5.41, 5.74) is 1.48. The first-order valence-corrected chi connectivity index (χ1v) is 8.16. The highest BCUT2D eigenvalue weighted by Gasteiger charge is 2.18. The predicted molar refractivity (Wildman–Crippen MR) is 99.0 cm³/mol. The molecule has 2 N–H and O–H groups in total. The van der Waals surface area contributed by atoms with Crippen LogP contribution >= 0.6 is 0 Å². The molecular formula is C20H24N2O3. The molecular weight excluding hydrogens is 316 g/mol. The number of rotatable bonds is 5. The number of carbonyl (C=O) groups excluding carboxylic acids is 2. The van der Waals surface area contributed by atoms with Gasteiger partial charge in [0.2, 0.25) is 0 Å². The molecule has 2 amide bonds. The van der Waals surface area contributed by atoms with Gasteiger partial charge in [-0.05, 0) is 51.5 Å². The molecule has 0 aliphatic heterocycles. The summed E-state index contributed by atoms with van der Waals surface area (Å²) in [5.74, 6) is 0.110. The Morgan fingerprint density at radius 3 is 2.32 bits per heavy atom. The van der Waals surface area contributed by atoms with Gasteiger partial charge in [-0.3, -0.25) is 9.59 Å². The smallest absolute Gasteiger partial charge is 0.262 e. The molecule has 132 valence electrons. The van der Waals surface area contributed by atoms with E-state index in [1.165, 1.54) is 0 Å². The summed E-state index contributed by atoms with van der Waals surface area (Å²) in [4.78, 5) is 24.6. The van der Waals surface area contributed by atoms with E-state index < -0.39 is 0 Å². The monoisotopic (exact) mass is 340 g/mol. The van der Waals surface area contributed by atoms with Crippen LogP contribution in [0.15, 0.2) is 48.5 Å². The number of amides is 2. The maximum Gasteiger partial charge on any atom is 0.262 e. The normalized spacial score (nSPS) is 10.9. The highest BCUT2D eigenvalue weighted by atomic mass is 16.5. The Morgan fingerprint density at radius 1 is 1.00 bits per heavy atom. The van der Waals surface area contributed by atoms with Crippen LogP contribution in [0.3, 0.4) is 0 Å². The van der Waals surface area contributed by atoms with Crippen LogP contribution in [0.25, 0.3) is 0 Å². The first-order valence-electron chi connectivity index (χ1n) is 8.16. The summed E-state index contributed by atoms with van der Waals surface area (Å²) >= 11 is 0. The standard InChI is InChI=1S/C20H24N2O3/c1-14-9-5-8-12-17(14)25-13-18(23)21-16-11-7-6-10-15(16)19(24)22-20(2,3)4/h5-12H,13H2,1-4H3,(H,21,23)(H,22,24). The molecule has 5 heteroatoms. The van der Waals surface area contributed by atoms with Crippen LogP contribution in [0, 0.1) is 6.92 Å². The Labute approximate surface area is 148 Å². The van der Waals surface area contributed by atoms with E-state index in [1.54, 1.807) is 24.3 Å². The number of aryl methyl sites for hydroxylation is 1. The molecule has 0 aliphatic rings. The van der Waals surface area contributed by atoms with Gasteiger partial charge in [-0.15, -0.1) is 0 Å². The van der Waals surface area contributed by atoms with Gasteiger partial charge < -0.3 is 15.4 Å². The van der Waals surface area contributed by atoms with Crippen LogP contribution in [0.2, 0.25) is 0 Å². The Morgan fingerprint density at radius 2 is 1.64 bits per heavy atom. The van der Waals surface area contributed by atoms with Crippen molar-refractivity contribution in [3.05, 3.63) is 59.7 Å². The second-order valence-electron chi connectivity index (χ2n) is 6.85. The van der Waals surface area contributed by atoms with Crippen molar-refractivity contribution in [2.45, 2.75) is 33.2 Å². The molecule has 2 aromatic carbocycles. The average molecular weight is 340 g/mol. The Hall–Kier alpha value is -2.82. The quantitative estimate of drug-likeness (QED) is 0.875. The maximum absolute atomic E-state index is 12.4. The number of ether oxygens (including phenoxy) is 1. The fourth-order valence-electron chi connectivity index (χ4n) is 2.25. The van der Waals surface area contributed by atoms with Gasteiger partial charge in [0.25, 0.3) is 11.8 Å². The zero-order chi connectivity index (χ0) is 18.4. The van der Waals surface area contributed by atoms with E-state index in [1.807, 2.05) is 52.0 Å². The Kier molecular flexibility index (Phi) is 5.80. The molecule has 5 nitrogen and oxygen atoms in total. The first kappa shape index (κ1) is 18.5. The number of hydrogen-bond acceptors (Lipinski definition) is 3. The van der Waals surface area contributed by atoms with Crippen molar-refractivity contribution in [2.75, 3.05) is 11.9 Å². The van der Waals surface area contributed by atoms with Crippen LogP contribution in [-0.2, 0) is 4.79 Å². The van der Waals surface area contributed by atoms with E-state index in [4.69, 9.17) is 4.74 Å². The summed E-state index contributed by atoms with van der Waals surface area (Å²) < 4.78 is 5.54. The number of para-hydroxylation sites is 2. The molecule has 0 aliphatic carbocycles. The van der Waals surface area contributed by atoms with Crippen LogP contribution in [-0.4, -0.2) is 24.0 Å². The first-order chi connectivity index (χ1) is 11.8. The third kappa shape index (κ3) is 5.64. The van der Waals surface area contributed by atoms with E-state index in [-0.39, 0.29) is 24.0 Å². The van der Waals surface area contributed by atoms with Crippen LogP contribution in [0.4, 0.5) is 5.69 Å². The lowest BCUT2D eigenvalue weighted by Crippen LogP contribution is -2.41. The van der Waals surface area contributed by atoms with Gasteiger partial charge in [0, 0.05) is 5.54 Å². The lowest BCUT2D eigenvalue weighted by Gasteiger charge is -2.21. The van der Waals surface area contributed by atoms with E-state index >= 15 is 0 Å². The number of anilines is 1. The summed E-state index contributed by atoms with van der Waals surface area (Å²) in [6.45, 7) is 7.51. The van der Waals surface area contributed by atoms with Crippen molar-refractivity contribution >= 4 is 17.5 Å². The zero-order valence-electron chi connectivity index (χ0n) is 15.1. The van der Waals surface area contributed by atoms with Crippen molar-refractivity contribution in [3.8, 4) is 5.75 Å². The lowest BCUT2D eigenvalue weighted by molar-refractivity contribution is -0.118. The summed E-state index contributed by atoms with van der Waals surface area (Å²) in [7, 11) is 0. The fraction of sp³-hybridized carbons (Fsp3) is 0.300. The molecule has 0 heterocycles. The van der Waals surface area contributed by atoms with Gasteiger partial charge >= 0.3 is 0 Å². The van der Waals surface area contributed by atoms with Crippen molar-refractivity contribution in [3.63, 3.8) is 0 Å². The van der Waals surface area contributed by atoms with Gasteiger partial charge in [0.1, 0.15) is 5.75 Å². The third-order valence-corrected chi connectivity index (χ3v) is 3.39. The van der Waals surface area contributed by atoms with Gasteiger partial charge in [0.15, 0.2) is 6.61 Å². The van der Waals surface area contributed by atoms with Crippen LogP contribution in [0.5, 0.6) is 5.75 Å². The van der Waals surface area contributed by atoms with E-state index in [0.29, 0.717) is 17.0 Å². The van der Waals surface area contributed by atoms with Gasteiger partial charge in [-0.1, -0.05) is 30.3 Å². The molecule has 0 radical (unpaired) electrons. The zero-order valence-corrected chi connectivity index (χ0v) is 15.1. The van der Waals surface area contributed by atoms with E-state index in [0.717, 1.165) is 5.56 Å². The number of hydrogen-bond donors (Lipinski definition) is 2.